The van der Waals surface area contributed by atoms with E-state index in [2.05, 4.69) is 34.3 Å². The van der Waals surface area contributed by atoms with Gasteiger partial charge in [-0.1, -0.05) is 33.8 Å². The van der Waals surface area contributed by atoms with E-state index >= 15 is 0 Å². The summed E-state index contributed by atoms with van der Waals surface area (Å²) in [5.41, 5.74) is 0. The molecule has 0 amide bonds. The lowest BCUT2D eigenvalue weighted by Crippen LogP contribution is -2.07. The van der Waals surface area contributed by atoms with E-state index in [0.29, 0.717) is 5.92 Å². The van der Waals surface area contributed by atoms with Gasteiger partial charge in [0, 0.05) is 0 Å². The summed E-state index contributed by atoms with van der Waals surface area (Å²) in [7, 11) is 0. The van der Waals surface area contributed by atoms with E-state index in [4.69, 9.17) is 0 Å². The van der Waals surface area contributed by atoms with Gasteiger partial charge in [-0.3, -0.25) is 0 Å². The van der Waals surface area contributed by atoms with Crippen molar-refractivity contribution in [2.45, 2.75) is 34.1 Å². The molecule has 0 aromatic carbocycles. The van der Waals surface area contributed by atoms with Crippen LogP contribution in [0.4, 0.5) is 0 Å². The number of hydrogen-bond donors (Lipinski definition) is 0. The standard InChI is InChI=1S/C10H20/c1-6-9(4)10(5)7-8(2)3/h6,8-10H,1,7H2,2-5H3. The molecule has 0 heteroatoms. The molecule has 0 N–H and O–H groups in total. The first-order valence-electron chi connectivity index (χ1n) is 4.20. The van der Waals surface area contributed by atoms with Crippen molar-refractivity contribution in [3.05, 3.63) is 12.7 Å². The van der Waals surface area contributed by atoms with Gasteiger partial charge in [-0.25, -0.2) is 0 Å². The first-order chi connectivity index (χ1) is 4.57. The van der Waals surface area contributed by atoms with Crippen molar-refractivity contribution in [3.63, 3.8) is 0 Å². The summed E-state index contributed by atoms with van der Waals surface area (Å²) in [5.74, 6) is 2.28. The summed E-state index contributed by atoms with van der Waals surface area (Å²) >= 11 is 0. The molecule has 0 aromatic rings. The van der Waals surface area contributed by atoms with E-state index in [1.165, 1.54) is 6.42 Å². The maximum atomic E-state index is 3.79. The molecule has 0 fully saturated rings. The van der Waals surface area contributed by atoms with Gasteiger partial charge in [-0.05, 0) is 24.2 Å². The predicted molar refractivity (Wildman–Crippen MR) is 48.0 cm³/mol. The zero-order chi connectivity index (χ0) is 8.15. The molecule has 0 rings (SSSR count). The summed E-state index contributed by atoms with van der Waals surface area (Å²) in [4.78, 5) is 0. The van der Waals surface area contributed by atoms with Gasteiger partial charge in [0.25, 0.3) is 0 Å². The van der Waals surface area contributed by atoms with Gasteiger partial charge in [0.2, 0.25) is 0 Å². The third-order valence-corrected chi connectivity index (χ3v) is 2.11. The highest BCUT2D eigenvalue weighted by Gasteiger charge is 2.09. The average Bonchev–Trinajstić information content (AvgIpc) is 1.85. The van der Waals surface area contributed by atoms with Gasteiger partial charge in [-0.2, -0.15) is 0 Å². The summed E-state index contributed by atoms with van der Waals surface area (Å²) in [6, 6.07) is 0. The highest BCUT2D eigenvalue weighted by molar-refractivity contribution is 4.79. The second kappa shape index (κ2) is 4.54. The van der Waals surface area contributed by atoms with E-state index in [-0.39, 0.29) is 0 Å². The van der Waals surface area contributed by atoms with Gasteiger partial charge < -0.3 is 0 Å². The minimum Gasteiger partial charge on any atom is -0.103 e. The SMILES string of the molecule is C=CC(C)C(C)CC(C)C. The zero-order valence-electron chi connectivity index (χ0n) is 7.72. The Bertz CT molecular complexity index is 92.2. The van der Waals surface area contributed by atoms with E-state index < -0.39 is 0 Å². The molecule has 0 heterocycles. The molecule has 0 spiro atoms. The molecule has 0 nitrogen and oxygen atoms in total. The Morgan fingerprint density at radius 1 is 1.20 bits per heavy atom. The fraction of sp³-hybridized carbons (Fsp3) is 0.800. The van der Waals surface area contributed by atoms with Crippen LogP contribution < -0.4 is 0 Å². The third-order valence-electron chi connectivity index (χ3n) is 2.11. The first kappa shape index (κ1) is 9.74. The molecule has 0 radical (unpaired) electrons. The van der Waals surface area contributed by atoms with Crippen molar-refractivity contribution in [3.8, 4) is 0 Å². The van der Waals surface area contributed by atoms with Gasteiger partial charge in [0.05, 0.1) is 0 Å². The fourth-order valence-corrected chi connectivity index (χ4v) is 1.19. The molecule has 60 valence electrons. The second-order valence-electron chi connectivity index (χ2n) is 3.70. The zero-order valence-corrected chi connectivity index (χ0v) is 7.72. The molecule has 0 saturated heterocycles. The van der Waals surface area contributed by atoms with Gasteiger partial charge in [-0.15, -0.1) is 6.58 Å². The van der Waals surface area contributed by atoms with Crippen LogP contribution in [0.5, 0.6) is 0 Å². The maximum Gasteiger partial charge on any atom is -0.0239 e. The molecule has 0 aliphatic rings. The van der Waals surface area contributed by atoms with Gasteiger partial charge >= 0.3 is 0 Å². The van der Waals surface area contributed by atoms with Crippen molar-refractivity contribution in [1.29, 1.82) is 0 Å². The maximum absolute atomic E-state index is 3.79. The Balaban J connectivity index is 3.60. The Labute approximate surface area is 65.3 Å². The van der Waals surface area contributed by atoms with Crippen LogP contribution in [0.25, 0.3) is 0 Å². The lowest BCUT2D eigenvalue weighted by atomic mass is 9.88. The average molecular weight is 140 g/mol. The van der Waals surface area contributed by atoms with Crippen LogP contribution in [0.1, 0.15) is 34.1 Å². The largest absolute Gasteiger partial charge is 0.103 e. The van der Waals surface area contributed by atoms with Crippen LogP contribution >= 0.6 is 0 Å². The Hall–Kier alpha value is -0.260. The monoisotopic (exact) mass is 140 g/mol. The van der Waals surface area contributed by atoms with E-state index in [0.717, 1.165) is 11.8 Å². The van der Waals surface area contributed by atoms with E-state index in [9.17, 15) is 0 Å². The highest BCUT2D eigenvalue weighted by Crippen LogP contribution is 2.19. The molecule has 0 aliphatic heterocycles. The quantitative estimate of drug-likeness (QED) is 0.524. The molecular weight excluding hydrogens is 120 g/mol. The first-order valence-corrected chi connectivity index (χ1v) is 4.20. The highest BCUT2D eigenvalue weighted by atomic mass is 14.1. The molecule has 0 aromatic heterocycles. The molecule has 0 aliphatic carbocycles. The van der Waals surface area contributed by atoms with Crippen molar-refractivity contribution >= 4 is 0 Å². The second-order valence-corrected chi connectivity index (χ2v) is 3.70. The minimum absolute atomic E-state index is 0.669. The fourth-order valence-electron chi connectivity index (χ4n) is 1.19. The van der Waals surface area contributed by atoms with Crippen LogP contribution in [0.15, 0.2) is 12.7 Å². The van der Waals surface area contributed by atoms with Crippen molar-refractivity contribution < 1.29 is 0 Å². The third kappa shape index (κ3) is 3.71. The predicted octanol–water partition coefficient (Wildman–Crippen LogP) is 3.49. The minimum atomic E-state index is 0.669. The van der Waals surface area contributed by atoms with Crippen LogP contribution in [-0.4, -0.2) is 0 Å². The van der Waals surface area contributed by atoms with E-state index in [1.54, 1.807) is 0 Å². The smallest absolute Gasteiger partial charge is 0.0239 e. The summed E-state index contributed by atoms with van der Waals surface area (Å²) in [5, 5.41) is 0. The van der Waals surface area contributed by atoms with Crippen LogP contribution in [0, 0.1) is 17.8 Å². The van der Waals surface area contributed by atoms with Crippen molar-refractivity contribution in [2.24, 2.45) is 17.8 Å². The molecular formula is C10H20. The van der Waals surface area contributed by atoms with Crippen molar-refractivity contribution in [2.75, 3.05) is 0 Å². The summed E-state index contributed by atoms with van der Waals surface area (Å²) in [6.07, 6.45) is 3.36. The summed E-state index contributed by atoms with van der Waals surface area (Å²) in [6.45, 7) is 12.9. The molecule has 0 saturated carbocycles. The van der Waals surface area contributed by atoms with Crippen molar-refractivity contribution in [1.82, 2.24) is 0 Å². The van der Waals surface area contributed by atoms with Gasteiger partial charge in [0.1, 0.15) is 0 Å². The van der Waals surface area contributed by atoms with E-state index in [1.807, 2.05) is 6.08 Å². The van der Waals surface area contributed by atoms with Crippen LogP contribution in [-0.2, 0) is 0 Å². The lowest BCUT2D eigenvalue weighted by Gasteiger charge is -2.17. The van der Waals surface area contributed by atoms with Crippen LogP contribution in [0.3, 0.4) is 0 Å². The van der Waals surface area contributed by atoms with Crippen LogP contribution in [0.2, 0.25) is 0 Å². The number of allylic oxidation sites excluding steroid dienone is 1. The Morgan fingerprint density at radius 2 is 1.70 bits per heavy atom. The normalized spacial score (nSPS) is 16.9. The molecule has 2 atom stereocenters. The lowest BCUT2D eigenvalue weighted by molar-refractivity contribution is 0.370. The molecule has 0 bridgehead atoms. The van der Waals surface area contributed by atoms with Gasteiger partial charge in [0.15, 0.2) is 0 Å². The summed E-state index contributed by atoms with van der Waals surface area (Å²) < 4.78 is 0. The topological polar surface area (TPSA) is 0 Å². The Kier molecular flexibility index (Phi) is 4.42. The number of rotatable bonds is 4. The molecule has 10 heavy (non-hydrogen) atoms. The molecule has 2 unspecified atom stereocenters. The Morgan fingerprint density at radius 3 is 2.00 bits per heavy atom. The number of hydrogen-bond acceptors (Lipinski definition) is 0.